The highest BCUT2D eigenvalue weighted by Gasteiger charge is 2.22. The normalized spacial score (nSPS) is 14.6. The van der Waals surface area contributed by atoms with E-state index in [4.69, 9.17) is 9.47 Å². The van der Waals surface area contributed by atoms with Crippen molar-refractivity contribution in [1.82, 2.24) is 10.2 Å². The minimum Gasteiger partial charge on any atom is -0.493 e. The van der Waals surface area contributed by atoms with Gasteiger partial charge in [-0.2, -0.15) is 0 Å². The molecule has 0 aliphatic carbocycles. The van der Waals surface area contributed by atoms with E-state index in [1.807, 2.05) is 24.1 Å². The Balaban J connectivity index is 2.15. The molecule has 1 heterocycles. The van der Waals surface area contributed by atoms with Crippen molar-refractivity contribution < 1.29 is 14.3 Å². The number of nitrogens with one attached hydrogen (secondary N) is 1. The van der Waals surface area contributed by atoms with Gasteiger partial charge in [-0.05, 0) is 49.7 Å². The predicted octanol–water partition coefficient (Wildman–Crippen LogP) is 1.24. The molecule has 1 aromatic carbocycles. The standard InChI is InChI=1S/C16H24N2O3/c1-17-6-4-7-18-8-5-12-9-14(20-2)15(21-3)10-13(12)11-16(18)19/h9-10,17H,4-8,11H2,1-3H3. The number of hydrogen-bond donors (Lipinski definition) is 1. The third kappa shape index (κ3) is 3.67. The molecule has 1 aromatic rings. The zero-order chi connectivity index (χ0) is 15.2. The lowest BCUT2D eigenvalue weighted by Gasteiger charge is -2.20. The van der Waals surface area contributed by atoms with Crippen molar-refractivity contribution in [2.45, 2.75) is 19.3 Å². The Hall–Kier alpha value is -1.75. The highest BCUT2D eigenvalue weighted by molar-refractivity contribution is 5.80. The maximum absolute atomic E-state index is 12.4. The average molecular weight is 292 g/mol. The van der Waals surface area contributed by atoms with Gasteiger partial charge in [0.2, 0.25) is 5.91 Å². The van der Waals surface area contributed by atoms with Gasteiger partial charge >= 0.3 is 0 Å². The third-order valence-corrected chi connectivity index (χ3v) is 3.91. The number of rotatable bonds is 6. The maximum Gasteiger partial charge on any atom is 0.227 e. The fourth-order valence-electron chi connectivity index (χ4n) is 2.70. The lowest BCUT2D eigenvalue weighted by molar-refractivity contribution is -0.130. The first kappa shape index (κ1) is 15.6. The molecule has 1 aliphatic rings. The van der Waals surface area contributed by atoms with Crippen LogP contribution in [0.15, 0.2) is 12.1 Å². The zero-order valence-corrected chi connectivity index (χ0v) is 13.1. The summed E-state index contributed by atoms with van der Waals surface area (Å²) in [6.45, 7) is 2.51. The lowest BCUT2D eigenvalue weighted by atomic mass is 10.0. The number of carbonyl (C=O) groups is 1. The predicted molar refractivity (Wildman–Crippen MR) is 82.1 cm³/mol. The summed E-state index contributed by atoms with van der Waals surface area (Å²) in [5.41, 5.74) is 2.23. The van der Waals surface area contributed by atoms with E-state index < -0.39 is 0 Å². The first-order valence-electron chi connectivity index (χ1n) is 7.35. The molecule has 0 unspecified atom stereocenters. The van der Waals surface area contributed by atoms with E-state index in [1.165, 1.54) is 5.56 Å². The van der Waals surface area contributed by atoms with Gasteiger partial charge in [-0.3, -0.25) is 4.79 Å². The van der Waals surface area contributed by atoms with Crippen LogP contribution >= 0.6 is 0 Å². The van der Waals surface area contributed by atoms with Gasteiger partial charge in [-0.15, -0.1) is 0 Å². The van der Waals surface area contributed by atoms with Crippen molar-refractivity contribution >= 4 is 5.91 Å². The van der Waals surface area contributed by atoms with E-state index in [9.17, 15) is 4.79 Å². The molecule has 0 bridgehead atoms. The van der Waals surface area contributed by atoms with Crippen LogP contribution in [-0.2, 0) is 17.6 Å². The summed E-state index contributed by atoms with van der Waals surface area (Å²) < 4.78 is 10.7. The van der Waals surface area contributed by atoms with E-state index in [1.54, 1.807) is 14.2 Å². The Bertz CT molecular complexity index is 503. The molecule has 0 saturated carbocycles. The van der Waals surface area contributed by atoms with E-state index in [-0.39, 0.29) is 5.91 Å². The van der Waals surface area contributed by atoms with Gasteiger partial charge in [0.05, 0.1) is 20.6 Å². The monoisotopic (exact) mass is 292 g/mol. The number of nitrogens with zero attached hydrogens (tertiary/aromatic N) is 1. The number of ether oxygens (including phenoxy) is 2. The molecule has 5 nitrogen and oxygen atoms in total. The summed E-state index contributed by atoms with van der Waals surface area (Å²) in [6, 6.07) is 3.93. The Morgan fingerprint density at radius 3 is 2.48 bits per heavy atom. The molecular formula is C16H24N2O3. The van der Waals surface area contributed by atoms with Gasteiger partial charge < -0.3 is 19.7 Å². The maximum atomic E-state index is 12.4. The van der Waals surface area contributed by atoms with Crippen LogP contribution < -0.4 is 14.8 Å². The number of hydrogen-bond acceptors (Lipinski definition) is 4. The number of methoxy groups -OCH3 is 2. The van der Waals surface area contributed by atoms with E-state index in [2.05, 4.69) is 5.32 Å². The number of fused-ring (bicyclic) bond motifs is 1. The smallest absolute Gasteiger partial charge is 0.227 e. The SMILES string of the molecule is CNCCCN1CCc2cc(OC)c(OC)cc2CC1=O. The Morgan fingerprint density at radius 2 is 1.86 bits per heavy atom. The van der Waals surface area contributed by atoms with Gasteiger partial charge in [0.25, 0.3) is 0 Å². The molecule has 116 valence electrons. The van der Waals surface area contributed by atoms with Crippen LogP contribution in [0.5, 0.6) is 11.5 Å². The third-order valence-electron chi connectivity index (χ3n) is 3.91. The summed E-state index contributed by atoms with van der Waals surface area (Å²) >= 11 is 0. The summed E-state index contributed by atoms with van der Waals surface area (Å²) in [6.07, 6.45) is 2.28. The van der Waals surface area contributed by atoms with Crippen molar-refractivity contribution in [2.75, 3.05) is 40.9 Å². The van der Waals surface area contributed by atoms with Crippen molar-refractivity contribution in [3.63, 3.8) is 0 Å². The molecule has 5 heteroatoms. The van der Waals surface area contributed by atoms with Crippen LogP contribution in [0.1, 0.15) is 17.5 Å². The van der Waals surface area contributed by atoms with Crippen LogP contribution in [-0.4, -0.2) is 51.7 Å². The highest BCUT2D eigenvalue weighted by atomic mass is 16.5. The molecule has 0 radical (unpaired) electrons. The summed E-state index contributed by atoms with van der Waals surface area (Å²) in [4.78, 5) is 14.3. The highest BCUT2D eigenvalue weighted by Crippen LogP contribution is 2.32. The summed E-state index contributed by atoms with van der Waals surface area (Å²) in [5.74, 6) is 1.61. The molecule has 0 saturated heterocycles. The van der Waals surface area contributed by atoms with Crippen molar-refractivity contribution in [3.8, 4) is 11.5 Å². The second-order valence-electron chi connectivity index (χ2n) is 5.24. The summed E-state index contributed by atoms with van der Waals surface area (Å²) in [5, 5.41) is 3.11. The van der Waals surface area contributed by atoms with Crippen LogP contribution in [0.4, 0.5) is 0 Å². The topological polar surface area (TPSA) is 50.8 Å². The molecule has 0 aromatic heterocycles. The van der Waals surface area contributed by atoms with Gasteiger partial charge in [-0.1, -0.05) is 0 Å². The molecule has 2 rings (SSSR count). The second-order valence-corrected chi connectivity index (χ2v) is 5.24. The number of benzene rings is 1. The molecule has 0 fully saturated rings. The van der Waals surface area contributed by atoms with Crippen LogP contribution in [0, 0.1) is 0 Å². The molecule has 1 aliphatic heterocycles. The van der Waals surface area contributed by atoms with Crippen molar-refractivity contribution in [2.24, 2.45) is 0 Å². The van der Waals surface area contributed by atoms with E-state index >= 15 is 0 Å². The number of amides is 1. The van der Waals surface area contributed by atoms with E-state index in [0.29, 0.717) is 12.2 Å². The zero-order valence-electron chi connectivity index (χ0n) is 13.1. The largest absolute Gasteiger partial charge is 0.493 e. The molecule has 0 spiro atoms. The quantitative estimate of drug-likeness (QED) is 0.802. The Morgan fingerprint density at radius 1 is 1.19 bits per heavy atom. The van der Waals surface area contributed by atoms with Gasteiger partial charge in [0.15, 0.2) is 11.5 Å². The van der Waals surface area contributed by atoms with Crippen molar-refractivity contribution in [3.05, 3.63) is 23.3 Å². The van der Waals surface area contributed by atoms with Crippen molar-refractivity contribution in [1.29, 1.82) is 0 Å². The van der Waals surface area contributed by atoms with Gasteiger partial charge in [0, 0.05) is 13.1 Å². The molecule has 0 atom stereocenters. The minimum atomic E-state index is 0.192. The minimum absolute atomic E-state index is 0.192. The lowest BCUT2D eigenvalue weighted by Crippen LogP contribution is -2.34. The van der Waals surface area contributed by atoms with Crippen LogP contribution in [0.2, 0.25) is 0 Å². The fourth-order valence-corrected chi connectivity index (χ4v) is 2.70. The summed E-state index contributed by atoms with van der Waals surface area (Å²) in [7, 11) is 5.18. The first-order valence-corrected chi connectivity index (χ1v) is 7.35. The van der Waals surface area contributed by atoms with Crippen LogP contribution in [0.25, 0.3) is 0 Å². The molecule has 1 amide bonds. The van der Waals surface area contributed by atoms with Gasteiger partial charge in [0.1, 0.15) is 0 Å². The molecule has 1 N–H and O–H groups in total. The Labute approximate surface area is 126 Å². The van der Waals surface area contributed by atoms with Gasteiger partial charge in [-0.25, -0.2) is 0 Å². The second kappa shape index (κ2) is 7.31. The Kier molecular flexibility index (Phi) is 5.44. The molecule has 21 heavy (non-hydrogen) atoms. The average Bonchev–Trinajstić information content (AvgIpc) is 2.65. The number of carbonyl (C=O) groups excluding carboxylic acids is 1. The fraction of sp³-hybridized carbons (Fsp3) is 0.562. The first-order chi connectivity index (χ1) is 10.2. The van der Waals surface area contributed by atoms with Crippen LogP contribution in [0.3, 0.4) is 0 Å². The van der Waals surface area contributed by atoms with E-state index in [0.717, 1.165) is 43.8 Å². The molecular weight excluding hydrogens is 268 g/mol.